The van der Waals surface area contributed by atoms with E-state index in [1.54, 1.807) is 12.1 Å². The van der Waals surface area contributed by atoms with Gasteiger partial charge in [0.1, 0.15) is 12.4 Å². The van der Waals surface area contributed by atoms with Crippen molar-refractivity contribution in [2.24, 2.45) is 5.73 Å². The van der Waals surface area contributed by atoms with Crippen LogP contribution in [0.1, 0.15) is 11.1 Å². The fraction of sp³-hybridized carbons (Fsp3) is 0.200. The molecule has 2 nitrogen and oxygen atoms in total. The van der Waals surface area contributed by atoms with Crippen LogP contribution in [0.2, 0.25) is 10.0 Å². The summed E-state index contributed by atoms with van der Waals surface area (Å²) in [7, 11) is 0. The minimum absolute atomic E-state index is 0.414. The van der Waals surface area contributed by atoms with Gasteiger partial charge in [-0.15, -0.1) is 0 Å². The molecule has 0 aliphatic carbocycles. The van der Waals surface area contributed by atoms with E-state index in [2.05, 4.69) is 0 Å². The minimum Gasteiger partial charge on any atom is -0.489 e. The van der Waals surface area contributed by atoms with E-state index in [0.717, 1.165) is 23.3 Å². The van der Waals surface area contributed by atoms with Crippen molar-refractivity contribution in [3.8, 4) is 5.75 Å². The zero-order valence-electron chi connectivity index (χ0n) is 10.4. The van der Waals surface area contributed by atoms with Crippen molar-refractivity contribution in [2.45, 2.75) is 13.0 Å². The Morgan fingerprint density at radius 3 is 2.53 bits per heavy atom. The third-order valence-electron chi connectivity index (χ3n) is 2.78. The third-order valence-corrected chi connectivity index (χ3v) is 3.37. The van der Waals surface area contributed by atoms with Crippen LogP contribution >= 0.6 is 23.2 Å². The Labute approximate surface area is 123 Å². The lowest BCUT2D eigenvalue weighted by Gasteiger charge is -2.11. The molecule has 0 saturated carbocycles. The number of hydrogen-bond donors (Lipinski definition) is 1. The molecule has 0 saturated heterocycles. The van der Waals surface area contributed by atoms with Crippen LogP contribution in [0.25, 0.3) is 0 Å². The monoisotopic (exact) mass is 295 g/mol. The van der Waals surface area contributed by atoms with Crippen molar-refractivity contribution in [2.75, 3.05) is 6.54 Å². The van der Waals surface area contributed by atoms with E-state index < -0.39 is 0 Å². The fourth-order valence-corrected chi connectivity index (χ4v) is 2.26. The SMILES string of the molecule is NCCc1ccccc1OCc1ccc(Cl)cc1Cl. The van der Waals surface area contributed by atoms with Crippen LogP contribution in [0.15, 0.2) is 42.5 Å². The Kier molecular flexibility index (Phi) is 5.08. The van der Waals surface area contributed by atoms with Crippen LogP contribution in [-0.2, 0) is 13.0 Å². The van der Waals surface area contributed by atoms with Crippen LogP contribution in [0.3, 0.4) is 0 Å². The van der Waals surface area contributed by atoms with Crippen molar-refractivity contribution in [1.29, 1.82) is 0 Å². The van der Waals surface area contributed by atoms with Gasteiger partial charge < -0.3 is 10.5 Å². The van der Waals surface area contributed by atoms with E-state index in [1.165, 1.54) is 0 Å². The Morgan fingerprint density at radius 2 is 1.79 bits per heavy atom. The lowest BCUT2D eigenvalue weighted by atomic mass is 10.1. The van der Waals surface area contributed by atoms with E-state index in [9.17, 15) is 0 Å². The molecular formula is C15H15Cl2NO. The first-order chi connectivity index (χ1) is 9.20. The molecule has 4 heteroatoms. The van der Waals surface area contributed by atoms with Crippen LogP contribution < -0.4 is 10.5 Å². The highest BCUT2D eigenvalue weighted by molar-refractivity contribution is 6.35. The maximum atomic E-state index is 6.11. The Hall–Kier alpha value is -1.22. The Bertz CT molecular complexity index is 558. The van der Waals surface area contributed by atoms with Crippen LogP contribution in [0.4, 0.5) is 0 Å². The molecule has 0 aliphatic rings. The summed E-state index contributed by atoms with van der Waals surface area (Å²) in [6, 6.07) is 13.3. The third kappa shape index (κ3) is 3.87. The second kappa shape index (κ2) is 6.80. The minimum atomic E-state index is 0.414. The second-order valence-corrected chi connectivity index (χ2v) is 5.01. The van der Waals surface area contributed by atoms with E-state index in [4.69, 9.17) is 33.7 Å². The predicted molar refractivity (Wildman–Crippen MR) is 80.0 cm³/mol. The molecule has 0 unspecified atom stereocenters. The number of para-hydroxylation sites is 1. The van der Waals surface area contributed by atoms with Gasteiger partial charge in [0, 0.05) is 15.6 Å². The number of rotatable bonds is 5. The average molecular weight is 296 g/mol. The van der Waals surface area contributed by atoms with Crippen molar-refractivity contribution >= 4 is 23.2 Å². The quantitative estimate of drug-likeness (QED) is 0.902. The van der Waals surface area contributed by atoms with Gasteiger partial charge in [0.2, 0.25) is 0 Å². The molecule has 2 N–H and O–H groups in total. The van der Waals surface area contributed by atoms with E-state index in [1.807, 2.05) is 30.3 Å². The fourth-order valence-electron chi connectivity index (χ4n) is 1.80. The summed E-state index contributed by atoms with van der Waals surface area (Å²) in [5.74, 6) is 0.846. The normalized spacial score (nSPS) is 10.5. The molecule has 0 aromatic heterocycles. The summed E-state index contributed by atoms with van der Waals surface area (Å²) in [5.41, 5.74) is 7.60. The molecular weight excluding hydrogens is 281 g/mol. The summed E-state index contributed by atoms with van der Waals surface area (Å²) in [4.78, 5) is 0. The molecule has 0 aliphatic heterocycles. The molecule has 100 valence electrons. The maximum absolute atomic E-state index is 6.11. The number of halogens is 2. The summed E-state index contributed by atoms with van der Waals surface area (Å²) >= 11 is 12.0. The van der Waals surface area contributed by atoms with Crippen molar-refractivity contribution in [1.82, 2.24) is 0 Å². The van der Waals surface area contributed by atoms with Gasteiger partial charge in [-0.05, 0) is 36.7 Å². The topological polar surface area (TPSA) is 35.2 Å². The largest absolute Gasteiger partial charge is 0.489 e. The van der Waals surface area contributed by atoms with Crippen molar-refractivity contribution < 1.29 is 4.74 Å². The lowest BCUT2D eigenvalue weighted by Crippen LogP contribution is -2.05. The van der Waals surface area contributed by atoms with Crippen molar-refractivity contribution in [3.05, 3.63) is 63.6 Å². The summed E-state index contributed by atoms with van der Waals surface area (Å²) < 4.78 is 5.81. The predicted octanol–water partition coefficient (Wildman–Crippen LogP) is 4.07. The molecule has 0 heterocycles. The van der Waals surface area contributed by atoms with Gasteiger partial charge in [-0.25, -0.2) is 0 Å². The molecule has 0 fully saturated rings. The van der Waals surface area contributed by atoms with Crippen molar-refractivity contribution in [3.63, 3.8) is 0 Å². The smallest absolute Gasteiger partial charge is 0.123 e. The zero-order chi connectivity index (χ0) is 13.7. The van der Waals surface area contributed by atoms with Gasteiger partial charge in [-0.2, -0.15) is 0 Å². The number of nitrogens with two attached hydrogens (primary N) is 1. The molecule has 0 radical (unpaired) electrons. The maximum Gasteiger partial charge on any atom is 0.123 e. The highest BCUT2D eigenvalue weighted by Crippen LogP contribution is 2.24. The average Bonchev–Trinajstić information content (AvgIpc) is 2.40. The lowest BCUT2D eigenvalue weighted by molar-refractivity contribution is 0.303. The first-order valence-corrected chi connectivity index (χ1v) is 6.81. The van der Waals surface area contributed by atoms with Crippen LogP contribution in [0.5, 0.6) is 5.75 Å². The van der Waals surface area contributed by atoms with E-state index in [-0.39, 0.29) is 0 Å². The van der Waals surface area contributed by atoms with Crippen LogP contribution in [-0.4, -0.2) is 6.54 Å². The van der Waals surface area contributed by atoms with E-state index in [0.29, 0.717) is 23.2 Å². The van der Waals surface area contributed by atoms with E-state index >= 15 is 0 Å². The Balaban J connectivity index is 2.10. The molecule has 2 aromatic rings. The first-order valence-electron chi connectivity index (χ1n) is 6.05. The second-order valence-electron chi connectivity index (χ2n) is 4.17. The number of hydrogen-bond acceptors (Lipinski definition) is 2. The van der Waals surface area contributed by atoms with Gasteiger partial charge in [-0.1, -0.05) is 47.5 Å². The first kappa shape index (κ1) is 14.2. The molecule has 0 atom stereocenters. The van der Waals surface area contributed by atoms with Gasteiger partial charge in [0.05, 0.1) is 0 Å². The van der Waals surface area contributed by atoms with Gasteiger partial charge in [-0.3, -0.25) is 0 Å². The summed E-state index contributed by atoms with van der Waals surface area (Å²) in [6.07, 6.45) is 0.796. The molecule has 2 aromatic carbocycles. The van der Waals surface area contributed by atoms with Gasteiger partial charge in [0.15, 0.2) is 0 Å². The Morgan fingerprint density at radius 1 is 1.00 bits per heavy atom. The number of benzene rings is 2. The van der Waals surface area contributed by atoms with Gasteiger partial charge >= 0.3 is 0 Å². The highest BCUT2D eigenvalue weighted by Gasteiger charge is 2.05. The molecule has 19 heavy (non-hydrogen) atoms. The summed E-state index contributed by atoms with van der Waals surface area (Å²) in [5, 5.41) is 1.24. The molecule has 0 spiro atoms. The van der Waals surface area contributed by atoms with Gasteiger partial charge in [0.25, 0.3) is 0 Å². The summed E-state index contributed by atoms with van der Waals surface area (Å²) in [6.45, 7) is 1.01. The molecule has 2 rings (SSSR count). The zero-order valence-corrected chi connectivity index (χ0v) is 11.9. The highest BCUT2D eigenvalue weighted by atomic mass is 35.5. The molecule has 0 amide bonds. The number of ether oxygens (including phenoxy) is 1. The van der Waals surface area contributed by atoms with Crippen LogP contribution in [0, 0.1) is 0 Å². The standard InChI is InChI=1S/C15H15Cl2NO/c16-13-6-5-12(14(17)9-13)10-19-15-4-2-1-3-11(15)7-8-18/h1-6,9H,7-8,10,18H2. The molecule has 0 bridgehead atoms.